The van der Waals surface area contributed by atoms with Crippen molar-refractivity contribution >= 4 is 23.2 Å². The molecular weight excluding hydrogens is 324 g/mol. The second-order valence-corrected chi connectivity index (χ2v) is 6.91. The van der Waals surface area contributed by atoms with Gasteiger partial charge in [0, 0.05) is 14.1 Å². The van der Waals surface area contributed by atoms with E-state index in [1.807, 2.05) is 62.4 Å². The molecule has 2 amide bonds. The molecule has 4 heteroatoms. The van der Waals surface area contributed by atoms with Crippen LogP contribution < -0.4 is 0 Å². The Bertz CT molecular complexity index is 946. The van der Waals surface area contributed by atoms with Crippen LogP contribution in [0.25, 0.3) is 11.4 Å². The molecule has 2 aromatic carbocycles. The zero-order valence-electron chi connectivity index (χ0n) is 15.3. The summed E-state index contributed by atoms with van der Waals surface area (Å²) in [5.74, 6) is -0.267. The topological polar surface area (TPSA) is 40.6 Å². The number of hydrogen-bond donors (Lipinski definition) is 0. The second-order valence-electron chi connectivity index (χ2n) is 6.91. The molecule has 0 fully saturated rings. The summed E-state index contributed by atoms with van der Waals surface area (Å²) in [6.07, 6.45) is 0. The lowest BCUT2D eigenvalue weighted by molar-refractivity contribution is -0.123. The van der Waals surface area contributed by atoms with Crippen LogP contribution in [0.2, 0.25) is 0 Å². The number of aryl methyl sites for hydroxylation is 2. The first kappa shape index (κ1) is 16.3. The van der Waals surface area contributed by atoms with Crippen molar-refractivity contribution in [3.63, 3.8) is 0 Å². The van der Waals surface area contributed by atoms with Crippen LogP contribution in [-0.2, 0) is 9.59 Å². The number of carbonyl (C=O) groups is 2. The minimum Gasteiger partial charge on any atom is -0.310 e. The maximum absolute atomic E-state index is 13.1. The molecule has 4 nitrogen and oxygen atoms in total. The highest BCUT2D eigenvalue weighted by molar-refractivity contribution is 6.30. The Kier molecular flexibility index (Phi) is 3.58. The van der Waals surface area contributed by atoms with Gasteiger partial charge >= 0.3 is 0 Å². The van der Waals surface area contributed by atoms with Crippen LogP contribution in [-0.4, -0.2) is 35.7 Å². The lowest BCUT2D eigenvalue weighted by atomic mass is 10.0. The van der Waals surface area contributed by atoms with Gasteiger partial charge in [0.1, 0.15) is 0 Å². The fourth-order valence-corrected chi connectivity index (χ4v) is 3.79. The molecule has 2 aliphatic rings. The van der Waals surface area contributed by atoms with E-state index in [9.17, 15) is 9.59 Å². The van der Waals surface area contributed by atoms with E-state index in [-0.39, 0.29) is 11.8 Å². The minimum atomic E-state index is -0.134. The highest BCUT2D eigenvalue weighted by atomic mass is 16.2. The molecule has 26 heavy (non-hydrogen) atoms. The van der Waals surface area contributed by atoms with Crippen molar-refractivity contribution in [2.75, 3.05) is 14.1 Å². The normalized spacial score (nSPS) is 16.9. The Labute approximate surface area is 153 Å². The molecule has 0 spiro atoms. The van der Waals surface area contributed by atoms with Crippen LogP contribution >= 0.6 is 0 Å². The van der Waals surface area contributed by atoms with Gasteiger partial charge in [-0.1, -0.05) is 47.5 Å². The third kappa shape index (κ3) is 2.22. The highest BCUT2D eigenvalue weighted by Crippen LogP contribution is 2.45. The van der Waals surface area contributed by atoms with Crippen LogP contribution in [0, 0.1) is 13.8 Å². The minimum absolute atomic E-state index is 0.134. The van der Waals surface area contributed by atoms with Gasteiger partial charge in [0.05, 0.1) is 22.5 Å². The molecule has 0 aromatic heterocycles. The van der Waals surface area contributed by atoms with Gasteiger partial charge in [-0.2, -0.15) is 0 Å². The number of rotatable bonds is 2. The molecule has 4 rings (SSSR count). The number of benzene rings is 2. The number of fused-ring (bicyclic) bond motifs is 1. The molecule has 0 saturated carbocycles. The summed E-state index contributed by atoms with van der Waals surface area (Å²) in [5.41, 5.74) is 6.33. The Morgan fingerprint density at radius 2 is 1.04 bits per heavy atom. The van der Waals surface area contributed by atoms with Crippen LogP contribution in [0.4, 0.5) is 0 Å². The van der Waals surface area contributed by atoms with Crippen molar-refractivity contribution in [1.29, 1.82) is 0 Å². The number of carbonyl (C=O) groups excluding carboxylic acids is 2. The Morgan fingerprint density at radius 3 is 1.38 bits per heavy atom. The van der Waals surface area contributed by atoms with Gasteiger partial charge < -0.3 is 9.80 Å². The molecule has 0 aliphatic carbocycles. The summed E-state index contributed by atoms with van der Waals surface area (Å²) in [7, 11) is 3.47. The first-order valence-corrected chi connectivity index (χ1v) is 8.59. The van der Waals surface area contributed by atoms with Crippen molar-refractivity contribution in [2.45, 2.75) is 13.8 Å². The summed E-state index contributed by atoms with van der Waals surface area (Å²) < 4.78 is 0. The third-order valence-corrected chi connectivity index (χ3v) is 5.01. The van der Waals surface area contributed by atoms with E-state index >= 15 is 0 Å². The Morgan fingerprint density at radius 1 is 0.654 bits per heavy atom. The van der Waals surface area contributed by atoms with E-state index in [1.54, 1.807) is 23.9 Å². The Hall–Kier alpha value is -3.14. The van der Waals surface area contributed by atoms with Crippen molar-refractivity contribution in [1.82, 2.24) is 9.80 Å². The molecule has 0 radical (unpaired) electrons. The van der Waals surface area contributed by atoms with Crippen molar-refractivity contribution in [3.8, 4) is 0 Å². The van der Waals surface area contributed by atoms with E-state index in [0.717, 1.165) is 22.3 Å². The van der Waals surface area contributed by atoms with Gasteiger partial charge in [0.2, 0.25) is 0 Å². The molecule has 2 heterocycles. The molecule has 2 aromatic rings. The number of nitrogens with zero attached hydrogens (tertiary/aromatic N) is 2. The van der Waals surface area contributed by atoms with E-state index in [1.165, 1.54) is 0 Å². The van der Waals surface area contributed by atoms with Gasteiger partial charge in [-0.15, -0.1) is 0 Å². The second kappa shape index (κ2) is 5.70. The third-order valence-electron chi connectivity index (χ3n) is 5.01. The molecule has 0 bridgehead atoms. The van der Waals surface area contributed by atoms with Crippen molar-refractivity contribution in [3.05, 3.63) is 81.9 Å². The lowest BCUT2D eigenvalue weighted by Crippen LogP contribution is -2.25. The lowest BCUT2D eigenvalue weighted by Gasteiger charge is -2.20. The summed E-state index contributed by atoms with van der Waals surface area (Å²) in [6.45, 7) is 4.01. The fraction of sp³-hybridized carbons (Fsp3) is 0.182. The van der Waals surface area contributed by atoms with E-state index in [4.69, 9.17) is 0 Å². The van der Waals surface area contributed by atoms with Gasteiger partial charge in [-0.25, -0.2) is 0 Å². The van der Waals surface area contributed by atoms with Gasteiger partial charge in [-0.3, -0.25) is 9.59 Å². The first-order valence-electron chi connectivity index (χ1n) is 8.59. The van der Waals surface area contributed by atoms with Crippen LogP contribution in [0.1, 0.15) is 22.3 Å². The summed E-state index contributed by atoms with van der Waals surface area (Å²) in [6, 6.07) is 15.8. The van der Waals surface area contributed by atoms with Crippen LogP contribution in [0.5, 0.6) is 0 Å². The van der Waals surface area contributed by atoms with Gasteiger partial charge in [0.25, 0.3) is 11.8 Å². The maximum atomic E-state index is 13.1. The zero-order chi connectivity index (χ0) is 18.6. The number of likely N-dealkylation sites (N-methyl/N-ethyl adjacent to an activating group) is 2. The van der Waals surface area contributed by atoms with E-state index in [0.29, 0.717) is 22.5 Å². The summed E-state index contributed by atoms with van der Waals surface area (Å²) in [4.78, 5) is 29.3. The molecule has 0 atom stereocenters. The standard InChI is InChI=1S/C22H20N2O2/c1-13-7-5-9-15(11-13)19-17-18(22(26)23(19)3)20(24(4)21(17)25)16-10-6-8-14(2)12-16/h5-12H,1-4H3. The Balaban J connectivity index is 2.01. The molecule has 130 valence electrons. The number of amides is 2. The first-order chi connectivity index (χ1) is 12.4. The van der Waals surface area contributed by atoms with Crippen LogP contribution in [0.15, 0.2) is 59.7 Å². The van der Waals surface area contributed by atoms with Crippen molar-refractivity contribution in [2.24, 2.45) is 0 Å². The highest BCUT2D eigenvalue weighted by Gasteiger charge is 2.46. The van der Waals surface area contributed by atoms with E-state index < -0.39 is 0 Å². The summed E-state index contributed by atoms with van der Waals surface area (Å²) in [5, 5.41) is 0. The molecule has 0 N–H and O–H groups in total. The monoisotopic (exact) mass is 344 g/mol. The van der Waals surface area contributed by atoms with Crippen molar-refractivity contribution < 1.29 is 9.59 Å². The zero-order valence-corrected chi connectivity index (χ0v) is 15.3. The fourth-order valence-electron chi connectivity index (χ4n) is 3.79. The molecule has 2 aliphatic heterocycles. The average molecular weight is 344 g/mol. The summed E-state index contributed by atoms with van der Waals surface area (Å²) >= 11 is 0. The quantitative estimate of drug-likeness (QED) is 0.838. The maximum Gasteiger partial charge on any atom is 0.261 e. The predicted molar refractivity (Wildman–Crippen MR) is 102 cm³/mol. The number of hydrogen-bond acceptors (Lipinski definition) is 2. The molecule has 0 unspecified atom stereocenters. The van der Waals surface area contributed by atoms with Gasteiger partial charge in [0.15, 0.2) is 0 Å². The van der Waals surface area contributed by atoms with Gasteiger partial charge in [-0.05, 0) is 37.1 Å². The molecular formula is C22H20N2O2. The average Bonchev–Trinajstić information content (AvgIpc) is 3.01. The predicted octanol–water partition coefficient (Wildman–Crippen LogP) is 3.37. The SMILES string of the molecule is Cc1cccc(C2=C3C(=O)N(C)C(c4cccc(C)c4)=C3C(=O)N2C)c1. The van der Waals surface area contributed by atoms with E-state index in [2.05, 4.69) is 0 Å². The van der Waals surface area contributed by atoms with Crippen LogP contribution in [0.3, 0.4) is 0 Å². The smallest absolute Gasteiger partial charge is 0.261 e. The molecule has 0 saturated heterocycles. The largest absolute Gasteiger partial charge is 0.310 e.